The molecular weight excluding hydrogens is 124 g/mol. The van der Waals surface area contributed by atoms with Gasteiger partial charge in [-0.1, -0.05) is 13.8 Å². The first-order valence-corrected chi connectivity index (χ1v) is 4.03. The smallest absolute Gasteiger partial charge is 0.0588 e. The highest BCUT2D eigenvalue weighted by Crippen LogP contribution is 1.99. The van der Waals surface area contributed by atoms with E-state index in [1.807, 2.05) is 0 Å². The van der Waals surface area contributed by atoms with E-state index in [-0.39, 0.29) is 0 Å². The quantitative estimate of drug-likeness (QED) is 0.548. The summed E-state index contributed by atoms with van der Waals surface area (Å²) < 4.78 is 0. The monoisotopic (exact) mass is 144 g/mol. The Morgan fingerprint density at radius 2 is 1.50 bits per heavy atom. The number of rotatable bonds is 4. The van der Waals surface area contributed by atoms with E-state index >= 15 is 0 Å². The average Bonchev–Trinajstić information content (AvgIpc) is 1.90. The topological polar surface area (TPSA) is 6.48 Å². The van der Waals surface area contributed by atoms with E-state index in [1.165, 1.54) is 0 Å². The minimum absolute atomic E-state index is 0.565. The van der Waals surface area contributed by atoms with Crippen LogP contribution in [0.4, 0.5) is 0 Å². The first kappa shape index (κ1) is 9.92. The van der Waals surface area contributed by atoms with Crippen LogP contribution in [0.25, 0.3) is 0 Å². The third-order valence-corrected chi connectivity index (χ3v) is 2.09. The minimum Gasteiger partial charge on any atom is -0.294 e. The van der Waals surface area contributed by atoms with Crippen molar-refractivity contribution in [2.45, 2.75) is 26.9 Å². The van der Waals surface area contributed by atoms with Gasteiger partial charge in [0.05, 0.1) is 6.17 Å². The van der Waals surface area contributed by atoms with Crippen LogP contribution in [-0.2, 0) is 0 Å². The standard InChI is InChI=1S/C8H20N2/c1-6-10(7-2)8(3)9(4)5/h8H,6-7H2,1-5H3. The molecule has 0 aromatic heterocycles. The molecular formula is C8H20N2. The Kier molecular flexibility index (Phi) is 4.65. The molecule has 10 heavy (non-hydrogen) atoms. The van der Waals surface area contributed by atoms with E-state index in [0.29, 0.717) is 6.17 Å². The highest BCUT2D eigenvalue weighted by Gasteiger charge is 2.10. The lowest BCUT2D eigenvalue weighted by Crippen LogP contribution is -2.42. The highest BCUT2D eigenvalue weighted by molar-refractivity contribution is 4.60. The molecule has 62 valence electrons. The highest BCUT2D eigenvalue weighted by atomic mass is 15.3. The van der Waals surface area contributed by atoms with Gasteiger partial charge in [0.1, 0.15) is 0 Å². The molecule has 0 N–H and O–H groups in total. The Bertz CT molecular complexity index is 77.3. The molecule has 1 atom stereocenters. The fraction of sp³-hybridized carbons (Fsp3) is 1.00. The van der Waals surface area contributed by atoms with Crippen molar-refractivity contribution < 1.29 is 0 Å². The molecule has 0 spiro atoms. The van der Waals surface area contributed by atoms with Gasteiger partial charge in [0.25, 0.3) is 0 Å². The van der Waals surface area contributed by atoms with Gasteiger partial charge in [0.2, 0.25) is 0 Å². The molecule has 0 amide bonds. The maximum atomic E-state index is 2.42. The van der Waals surface area contributed by atoms with E-state index in [9.17, 15) is 0 Å². The van der Waals surface area contributed by atoms with Gasteiger partial charge in [-0.15, -0.1) is 0 Å². The van der Waals surface area contributed by atoms with Gasteiger partial charge in [-0.3, -0.25) is 9.80 Å². The second-order valence-corrected chi connectivity index (χ2v) is 2.82. The van der Waals surface area contributed by atoms with Gasteiger partial charge >= 0.3 is 0 Å². The molecule has 0 heterocycles. The summed E-state index contributed by atoms with van der Waals surface area (Å²) in [5.74, 6) is 0. The molecule has 0 bridgehead atoms. The zero-order chi connectivity index (χ0) is 8.15. The van der Waals surface area contributed by atoms with Crippen molar-refractivity contribution in [1.82, 2.24) is 9.80 Å². The predicted octanol–water partition coefficient (Wildman–Crippen LogP) is 1.24. The van der Waals surface area contributed by atoms with Crippen LogP contribution in [0.2, 0.25) is 0 Å². The average molecular weight is 144 g/mol. The lowest BCUT2D eigenvalue weighted by molar-refractivity contribution is 0.105. The van der Waals surface area contributed by atoms with Crippen LogP contribution in [0, 0.1) is 0 Å². The molecule has 0 radical (unpaired) electrons. The summed E-state index contributed by atoms with van der Waals surface area (Å²) in [5, 5.41) is 0. The third-order valence-electron chi connectivity index (χ3n) is 2.09. The summed E-state index contributed by atoms with van der Waals surface area (Å²) in [6, 6.07) is 0. The van der Waals surface area contributed by atoms with E-state index in [2.05, 4.69) is 44.7 Å². The number of nitrogens with zero attached hydrogens (tertiary/aromatic N) is 2. The van der Waals surface area contributed by atoms with Crippen molar-refractivity contribution in [3.63, 3.8) is 0 Å². The summed E-state index contributed by atoms with van der Waals surface area (Å²) in [6.45, 7) is 8.89. The Hall–Kier alpha value is -0.0800. The molecule has 0 aliphatic rings. The minimum atomic E-state index is 0.565. The largest absolute Gasteiger partial charge is 0.294 e. The van der Waals surface area contributed by atoms with Gasteiger partial charge in [0.15, 0.2) is 0 Å². The lowest BCUT2D eigenvalue weighted by atomic mass is 10.4. The second-order valence-electron chi connectivity index (χ2n) is 2.82. The van der Waals surface area contributed by atoms with Crippen molar-refractivity contribution in [3.05, 3.63) is 0 Å². The van der Waals surface area contributed by atoms with Crippen molar-refractivity contribution in [2.24, 2.45) is 0 Å². The number of hydrogen-bond donors (Lipinski definition) is 0. The molecule has 2 heteroatoms. The van der Waals surface area contributed by atoms with Crippen LogP contribution < -0.4 is 0 Å². The molecule has 0 aromatic rings. The van der Waals surface area contributed by atoms with Crippen molar-refractivity contribution >= 4 is 0 Å². The van der Waals surface area contributed by atoms with Gasteiger partial charge in [-0.2, -0.15) is 0 Å². The summed E-state index contributed by atoms with van der Waals surface area (Å²) in [6.07, 6.45) is 0.565. The normalized spacial score (nSPS) is 14.7. The van der Waals surface area contributed by atoms with Crippen molar-refractivity contribution in [3.8, 4) is 0 Å². The van der Waals surface area contributed by atoms with Gasteiger partial charge in [0, 0.05) is 0 Å². The second kappa shape index (κ2) is 4.69. The van der Waals surface area contributed by atoms with Crippen LogP contribution in [-0.4, -0.2) is 43.2 Å². The molecule has 0 aromatic carbocycles. The first-order valence-electron chi connectivity index (χ1n) is 4.03. The van der Waals surface area contributed by atoms with Crippen LogP contribution in [0.15, 0.2) is 0 Å². The first-order chi connectivity index (χ1) is 4.63. The Balaban J connectivity index is 3.76. The fourth-order valence-corrected chi connectivity index (χ4v) is 1.08. The fourth-order valence-electron chi connectivity index (χ4n) is 1.08. The molecule has 0 rings (SSSR count). The van der Waals surface area contributed by atoms with E-state index in [1.54, 1.807) is 0 Å². The SMILES string of the molecule is CCN(CC)C(C)N(C)C. The van der Waals surface area contributed by atoms with Gasteiger partial charge < -0.3 is 0 Å². The van der Waals surface area contributed by atoms with Crippen molar-refractivity contribution in [1.29, 1.82) is 0 Å². The van der Waals surface area contributed by atoms with Gasteiger partial charge in [-0.05, 0) is 34.1 Å². The Labute approximate surface area is 64.8 Å². The molecule has 0 aliphatic carbocycles. The molecule has 1 unspecified atom stereocenters. The van der Waals surface area contributed by atoms with E-state index in [4.69, 9.17) is 0 Å². The van der Waals surface area contributed by atoms with Crippen LogP contribution in [0.5, 0.6) is 0 Å². The zero-order valence-electron chi connectivity index (χ0n) is 7.89. The summed E-state index contributed by atoms with van der Waals surface area (Å²) >= 11 is 0. The van der Waals surface area contributed by atoms with Crippen LogP contribution in [0.1, 0.15) is 20.8 Å². The predicted molar refractivity (Wildman–Crippen MR) is 46.1 cm³/mol. The molecule has 0 saturated heterocycles. The summed E-state index contributed by atoms with van der Waals surface area (Å²) in [7, 11) is 4.23. The maximum absolute atomic E-state index is 2.42. The molecule has 0 aliphatic heterocycles. The molecule has 2 nitrogen and oxygen atoms in total. The van der Waals surface area contributed by atoms with Crippen molar-refractivity contribution in [2.75, 3.05) is 27.2 Å². The molecule has 0 saturated carbocycles. The van der Waals surface area contributed by atoms with Crippen LogP contribution in [0.3, 0.4) is 0 Å². The summed E-state index contributed by atoms with van der Waals surface area (Å²) in [4.78, 5) is 4.65. The zero-order valence-corrected chi connectivity index (χ0v) is 7.89. The number of hydrogen-bond acceptors (Lipinski definition) is 2. The third kappa shape index (κ3) is 2.67. The summed E-state index contributed by atoms with van der Waals surface area (Å²) in [5.41, 5.74) is 0. The van der Waals surface area contributed by atoms with E-state index < -0.39 is 0 Å². The molecule has 0 fully saturated rings. The maximum Gasteiger partial charge on any atom is 0.0588 e. The van der Waals surface area contributed by atoms with Crippen LogP contribution >= 0.6 is 0 Å². The van der Waals surface area contributed by atoms with Gasteiger partial charge in [-0.25, -0.2) is 0 Å². The lowest BCUT2D eigenvalue weighted by Gasteiger charge is -2.31. The van der Waals surface area contributed by atoms with E-state index in [0.717, 1.165) is 13.1 Å². The Morgan fingerprint density at radius 3 is 1.60 bits per heavy atom. The Morgan fingerprint density at radius 1 is 1.10 bits per heavy atom.